The summed E-state index contributed by atoms with van der Waals surface area (Å²) in [4.78, 5) is 41.8. The Morgan fingerprint density at radius 1 is 1.09 bits per heavy atom. The van der Waals surface area contributed by atoms with Gasteiger partial charge in [0.15, 0.2) is 0 Å². The third-order valence-electron chi connectivity index (χ3n) is 3.52. The van der Waals surface area contributed by atoms with Gasteiger partial charge in [-0.3, -0.25) is 24.3 Å². The minimum atomic E-state index is -0.910. The van der Waals surface area contributed by atoms with Crippen molar-refractivity contribution >= 4 is 23.4 Å². The Morgan fingerprint density at radius 2 is 1.73 bits per heavy atom. The summed E-state index contributed by atoms with van der Waals surface area (Å²) in [5, 5.41) is 2.64. The number of nitrogens with zero attached hydrogens (tertiary/aromatic N) is 2. The predicted molar refractivity (Wildman–Crippen MR) is 79.3 cm³/mol. The van der Waals surface area contributed by atoms with Crippen molar-refractivity contribution in [2.75, 3.05) is 5.32 Å². The van der Waals surface area contributed by atoms with E-state index < -0.39 is 23.8 Å². The van der Waals surface area contributed by atoms with E-state index in [1.165, 1.54) is 13.1 Å². The lowest BCUT2D eigenvalue weighted by Gasteiger charge is -2.21. The van der Waals surface area contributed by atoms with Crippen molar-refractivity contribution in [3.8, 4) is 0 Å². The number of aromatic nitrogens is 1. The molecule has 0 bridgehead atoms. The number of carbonyl (C=O) groups excluding carboxylic acids is 3. The Morgan fingerprint density at radius 3 is 2.27 bits per heavy atom. The predicted octanol–water partition coefficient (Wildman–Crippen LogP) is 1.70. The van der Waals surface area contributed by atoms with Crippen molar-refractivity contribution in [1.82, 2.24) is 9.88 Å². The molecular weight excluding hydrogens is 282 g/mol. The van der Waals surface area contributed by atoms with Crippen LogP contribution >= 0.6 is 0 Å². The number of hydrogen-bond donors (Lipinski definition) is 1. The van der Waals surface area contributed by atoms with Crippen LogP contribution in [0.15, 0.2) is 48.8 Å². The topological polar surface area (TPSA) is 79.4 Å². The molecule has 1 aromatic carbocycles. The number of carbonyl (C=O) groups is 3. The van der Waals surface area contributed by atoms with E-state index in [0.29, 0.717) is 16.8 Å². The molecule has 0 aliphatic carbocycles. The van der Waals surface area contributed by atoms with Crippen molar-refractivity contribution in [2.45, 2.75) is 13.0 Å². The first-order chi connectivity index (χ1) is 10.6. The Bertz CT molecular complexity index is 723. The second-order valence-corrected chi connectivity index (χ2v) is 4.93. The van der Waals surface area contributed by atoms with Crippen LogP contribution in [0.4, 0.5) is 5.69 Å². The molecule has 1 aliphatic rings. The number of anilines is 1. The first-order valence-electron chi connectivity index (χ1n) is 6.77. The van der Waals surface area contributed by atoms with E-state index in [4.69, 9.17) is 0 Å². The molecule has 6 nitrogen and oxygen atoms in total. The Kier molecular flexibility index (Phi) is 3.42. The fourth-order valence-electron chi connectivity index (χ4n) is 2.36. The largest absolute Gasteiger partial charge is 0.323 e. The van der Waals surface area contributed by atoms with Crippen LogP contribution in [0.2, 0.25) is 0 Å². The number of imide groups is 1. The molecule has 3 amide bonds. The molecule has 0 spiro atoms. The molecular formula is C16H13N3O3. The monoisotopic (exact) mass is 295 g/mol. The summed E-state index contributed by atoms with van der Waals surface area (Å²) < 4.78 is 0. The number of pyridine rings is 1. The number of benzene rings is 1. The van der Waals surface area contributed by atoms with E-state index in [2.05, 4.69) is 10.3 Å². The highest BCUT2D eigenvalue weighted by Gasteiger charge is 2.40. The van der Waals surface area contributed by atoms with Crippen LogP contribution in [-0.2, 0) is 4.79 Å². The van der Waals surface area contributed by atoms with Crippen LogP contribution in [0.3, 0.4) is 0 Å². The molecule has 110 valence electrons. The van der Waals surface area contributed by atoms with Crippen LogP contribution in [0.5, 0.6) is 0 Å². The van der Waals surface area contributed by atoms with Gasteiger partial charge in [-0.05, 0) is 31.2 Å². The molecule has 0 fully saturated rings. The third kappa shape index (κ3) is 2.24. The van der Waals surface area contributed by atoms with Gasteiger partial charge in [0.05, 0.1) is 23.0 Å². The second-order valence-electron chi connectivity index (χ2n) is 4.93. The number of rotatable bonds is 3. The summed E-state index contributed by atoms with van der Waals surface area (Å²) in [6.45, 7) is 1.52. The molecule has 1 N–H and O–H groups in total. The van der Waals surface area contributed by atoms with E-state index in [1.54, 1.807) is 42.6 Å². The summed E-state index contributed by atoms with van der Waals surface area (Å²) in [6.07, 6.45) is 3.08. The van der Waals surface area contributed by atoms with Crippen molar-refractivity contribution < 1.29 is 14.4 Å². The average Bonchev–Trinajstić information content (AvgIpc) is 2.79. The van der Waals surface area contributed by atoms with Crippen LogP contribution in [0, 0.1) is 0 Å². The van der Waals surface area contributed by atoms with E-state index in [9.17, 15) is 14.4 Å². The summed E-state index contributed by atoms with van der Waals surface area (Å²) in [5.41, 5.74) is 1.16. The maximum absolute atomic E-state index is 12.3. The standard InChI is InChI=1S/C16H13N3O3/c1-10(14(20)18-11-5-4-8-17-9-11)19-15(21)12-6-2-3-7-13(12)16(19)22/h2-10H,1H3,(H,18,20)/t10-/m0/s1. The molecule has 3 rings (SSSR count). The molecule has 22 heavy (non-hydrogen) atoms. The normalized spacial score (nSPS) is 14.7. The van der Waals surface area contributed by atoms with Crippen molar-refractivity contribution in [2.24, 2.45) is 0 Å². The zero-order valence-electron chi connectivity index (χ0n) is 11.8. The summed E-state index contributed by atoms with van der Waals surface area (Å²) in [5.74, 6) is -1.34. The first kappa shape index (κ1) is 13.9. The second kappa shape index (κ2) is 5.40. The van der Waals surface area contributed by atoms with E-state index in [0.717, 1.165) is 4.90 Å². The van der Waals surface area contributed by atoms with Gasteiger partial charge >= 0.3 is 0 Å². The zero-order chi connectivity index (χ0) is 15.7. The number of hydrogen-bond acceptors (Lipinski definition) is 4. The molecule has 1 atom stereocenters. The third-order valence-corrected chi connectivity index (χ3v) is 3.52. The van der Waals surface area contributed by atoms with Gasteiger partial charge in [0.2, 0.25) is 5.91 Å². The lowest BCUT2D eigenvalue weighted by molar-refractivity contribution is -0.119. The molecule has 6 heteroatoms. The molecule has 0 saturated carbocycles. The van der Waals surface area contributed by atoms with E-state index in [1.807, 2.05) is 0 Å². The summed E-state index contributed by atoms with van der Waals surface area (Å²) in [7, 11) is 0. The highest BCUT2D eigenvalue weighted by atomic mass is 16.2. The Hall–Kier alpha value is -3.02. The smallest absolute Gasteiger partial charge is 0.262 e. The average molecular weight is 295 g/mol. The minimum absolute atomic E-state index is 0.327. The molecule has 0 unspecified atom stereocenters. The van der Waals surface area contributed by atoms with Crippen LogP contribution in [-0.4, -0.2) is 33.6 Å². The van der Waals surface area contributed by atoms with Crippen molar-refractivity contribution in [3.05, 3.63) is 59.9 Å². The maximum atomic E-state index is 12.3. The van der Waals surface area contributed by atoms with Crippen LogP contribution in [0.25, 0.3) is 0 Å². The highest BCUT2D eigenvalue weighted by molar-refractivity contribution is 6.23. The fourth-order valence-corrected chi connectivity index (χ4v) is 2.36. The maximum Gasteiger partial charge on any atom is 0.262 e. The minimum Gasteiger partial charge on any atom is -0.323 e. The number of nitrogens with one attached hydrogen (secondary N) is 1. The quantitative estimate of drug-likeness (QED) is 0.874. The lowest BCUT2D eigenvalue weighted by atomic mass is 10.1. The van der Waals surface area contributed by atoms with Crippen LogP contribution < -0.4 is 5.32 Å². The molecule has 2 aromatic rings. The van der Waals surface area contributed by atoms with Crippen molar-refractivity contribution in [3.63, 3.8) is 0 Å². The highest BCUT2D eigenvalue weighted by Crippen LogP contribution is 2.24. The molecule has 2 heterocycles. The molecule has 1 aromatic heterocycles. The van der Waals surface area contributed by atoms with Gasteiger partial charge in [-0.25, -0.2) is 0 Å². The van der Waals surface area contributed by atoms with Crippen molar-refractivity contribution in [1.29, 1.82) is 0 Å². The van der Waals surface area contributed by atoms with Gasteiger partial charge in [-0.2, -0.15) is 0 Å². The van der Waals surface area contributed by atoms with E-state index >= 15 is 0 Å². The fraction of sp³-hybridized carbons (Fsp3) is 0.125. The van der Waals surface area contributed by atoms with Gasteiger partial charge in [0.1, 0.15) is 6.04 Å². The Balaban J connectivity index is 1.81. The zero-order valence-corrected chi connectivity index (χ0v) is 11.8. The number of amides is 3. The lowest BCUT2D eigenvalue weighted by Crippen LogP contribution is -2.45. The summed E-state index contributed by atoms with van der Waals surface area (Å²) >= 11 is 0. The van der Waals surface area contributed by atoms with Gasteiger partial charge in [-0.15, -0.1) is 0 Å². The van der Waals surface area contributed by atoms with Gasteiger partial charge in [0.25, 0.3) is 11.8 Å². The summed E-state index contributed by atoms with van der Waals surface area (Å²) in [6, 6.07) is 9.00. The first-order valence-corrected chi connectivity index (χ1v) is 6.77. The van der Waals surface area contributed by atoms with Crippen LogP contribution in [0.1, 0.15) is 27.6 Å². The van der Waals surface area contributed by atoms with Gasteiger partial charge < -0.3 is 5.32 Å². The molecule has 0 radical (unpaired) electrons. The number of fused-ring (bicyclic) bond motifs is 1. The van der Waals surface area contributed by atoms with E-state index in [-0.39, 0.29) is 0 Å². The molecule has 1 aliphatic heterocycles. The van der Waals surface area contributed by atoms with Gasteiger partial charge in [0, 0.05) is 6.20 Å². The molecule has 0 saturated heterocycles. The van der Waals surface area contributed by atoms with Gasteiger partial charge in [-0.1, -0.05) is 12.1 Å². The Labute approximate surface area is 126 Å². The SMILES string of the molecule is C[C@@H](C(=O)Nc1cccnc1)N1C(=O)c2ccccc2C1=O.